The number of guanidine groups is 1. The number of carbonyl (C=O) groups excluding carboxylic acids is 2. The second kappa shape index (κ2) is 10.8. The van der Waals surface area contributed by atoms with Crippen LogP contribution in [-0.4, -0.2) is 24.2 Å². The summed E-state index contributed by atoms with van der Waals surface area (Å²) in [4.78, 5) is 28.8. The molecule has 0 unspecified atom stereocenters. The van der Waals surface area contributed by atoms with Gasteiger partial charge in [-0.2, -0.15) is 0 Å². The predicted octanol–water partition coefficient (Wildman–Crippen LogP) is 4.14. The van der Waals surface area contributed by atoms with Gasteiger partial charge in [0.2, 0.25) is 5.96 Å². The van der Waals surface area contributed by atoms with Crippen molar-refractivity contribution in [2.24, 2.45) is 4.99 Å². The molecule has 1 aliphatic rings. The second-order valence-electron chi connectivity index (χ2n) is 6.79. The minimum atomic E-state index is -0.686. The number of benzene rings is 2. The van der Waals surface area contributed by atoms with Crippen molar-refractivity contribution in [3.63, 3.8) is 0 Å². The first-order chi connectivity index (χ1) is 14.2. The fourth-order valence-electron chi connectivity index (χ4n) is 3.02. The van der Waals surface area contributed by atoms with E-state index in [-0.39, 0.29) is 25.2 Å². The van der Waals surface area contributed by atoms with E-state index in [0.29, 0.717) is 0 Å². The summed E-state index contributed by atoms with van der Waals surface area (Å²) in [7, 11) is 0. The summed E-state index contributed by atoms with van der Waals surface area (Å²) < 4.78 is 10.4. The molecular weight excluding hydrogens is 370 g/mol. The van der Waals surface area contributed by atoms with Crippen LogP contribution in [0.5, 0.6) is 0 Å². The van der Waals surface area contributed by atoms with Crippen LogP contribution in [0.15, 0.2) is 65.7 Å². The molecular formula is C22H25N3O4. The molecule has 1 aliphatic carbocycles. The van der Waals surface area contributed by atoms with E-state index in [1.54, 1.807) is 0 Å². The number of carbonyl (C=O) groups is 2. The normalized spacial score (nSPS) is 13.4. The maximum Gasteiger partial charge on any atom is 0.414 e. The summed E-state index contributed by atoms with van der Waals surface area (Å²) in [6.45, 7) is 0.254. The minimum absolute atomic E-state index is 0.0491. The Bertz CT molecular complexity index is 759. The van der Waals surface area contributed by atoms with Crippen molar-refractivity contribution >= 4 is 18.1 Å². The van der Waals surface area contributed by atoms with Gasteiger partial charge in [-0.25, -0.2) is 14.6 Å². The van der Waals surface area contributed by atoms with Crippen LogP contribution >= 0.6 is 0 Å². The van der Waals surface area contributed by atoms with Gasteiger partial charge in [-0.15, -0.1) is 0 Å². The topological polar surface area (TPSA) is 89.0 Å². The highest BCUT2D eigenvalue weighted by Gasteiger charge is 2.18. The van der Waals surface area contributed by atoms with E-state index in [2.05, 4.69) is 15.6 Å². The maximum atomic E-state index is 12.2. The zero-order chi connectivity index (χ0) is 20.3. The van der Waals surface area contributed by atoms with E-state index in [1.165, 1.54) is 0 Å². The first-order valence-corrected chi connectivity index (χ1v) is 9.72. The highest BCUT2D eigenvalue weighted by Crippen LogP contribution is 2.20. The molecule has 0 radical (unpaired) electrons. The number of amides is 2. The Morgan fingerprint density at radius 3 is 1.69 bits per heavy atom. The lowest BCUT2D eigenvalue weighted by molar-refractivity contribution is 0.141. The van der Waals surface area contributed by atoms with E-state index in [0.717, 1.165) is 36.8 Å². The molecule has 152 valence electrons. The van der Waals surface area contributed by atoms with Gasteiger partial charge in [-0.3, -0.25) is 10.6 Å². The molecule has 7 nitrogen and oxygen atoms in total. The predicted molar refractivity (Wildman–Crippen MR) is 109 cm³/mol. The Balaban J connectivity index is 1.54. The van der Waals surface area contributed by atoms with Gasteiger partial charge in [0, 0.05) is 0 Å². The molecule has 0 saturated heterocycles. The lowest BCUT2D eigenvalue weighted by atomic mass is 10.2. The van der Waals surface area contributed by atoms with Gasteiger partial charge < -0.3 is 9.47 Å². The Morgan fingerprint density at radius 2 is 1.24 bits per heavy atom. The van der Waals surface area contributed by atoms with E-state index in [1.807, 2.05) is 60.7 Å². The van der Waals surface area contributed by atoms with Crippen molar-refractivity contribution in [3.8, 4) is 0 Å². The summed E-state index contributed by atoms with van der Waals surface area (Å²) in [6.07, 6.45) is 2.63. The minimum Gasteiger partial charge on any atom is -0.444 e. The van der Waals surface area contributed by atoms with Crippen LogP contribution in [-0.2, 0) is 22.7 Å². The van der Waals surface area contributed by atoms with Crippen LogP contribution in [0.2, 0.25) is 0 Å². The molecule has 1 saturated carbocycles. The average molecular weight is 395 g/mol. The van der Waals surface area contributed by atoms with Gasteiger partial charge in [0.1, 0.15) is 13.2 Å². The third kappa shape index (κ3) is 7.29. The van der Waals surface area contributed by atoms with Gasteiger partial charge in [0.25, 0.3) is 0 Å². The number of nitrogens with zero attached hydrogens (tertiary/aromatic N) is 1. The fraction of sp³-hybridized carbons (Fsp3) is 0.318. The summed E-state index contributed by atoms with van der Waals surface area (Å²) in [5.41, 5.74) is 1.74. The zero-order valence-electron chi connectivity index (χ0n) is 16.2. The lowest BCUT2D eigenvalue weighted by Gasteiger charge is -2.13. The van der Waals surface area contributed by atoms with E-state index >= 15 is 0 Å². The summed E-state index contributed by atoms with van der Waals surface area (Å²) >= 11 is 0. The molecule has 2 amide bonds. The fourth-order valence-corrected chi connectivity index (χ4v) is 3.02. The lowest BCUT2D eigenvalue weighted by Crippen LogP contribution is -2.44. The van der Waals surface area contributed by atoms with E-state index < -0.39 is 12.2 Å². The van der Waals surface area contributed by atoms with Crippen LogP contribution in [0.4, 0.5) is 9.59 Å². The van der Waals surface area contributed by atoms with Crippen molar-refractivity contribution in [1.82, 2.24) is 10.6 Å². The first kappa shape index (κ1) is 20.4. The summed E-state index contributed by atoms with van der Waals surface area (Å²) in [5.74, 6) is 0.0491. The van der Waals surface area contributed by atoms with Gasteiger partial charge in [0.05, 0.1) is 6.04 Å². The Labute approximate surface area is 170 Å². The molecule has 0 aromatic heterocycles. The van der Waals surface area contributed by atoms with Crippen LogP contribution in [0.25, 0.3) is 0 Å². The molecule has 2 aromatic carbocycles. The van der Waals surface area contributed by atoms with Crippen molar-refractivity contribution in [3.05, 3.63) is 71.8 Å². The Morgan fingerprint density at radius 1 is 0.793 bits per heavy atom. The zero-order valence-corrected chi connectivity index (χ0v) is 16.2. The second-order valence-corrected chi connectivity index (χ2v) is 6.79. The first-order valence-electron chi connectivity index (χ1n) is 9.72. The molecule has 3 rings (SSSR count). The van der Waals surface area contributed by atoms with Crippen LogP contribution in [0, 0.1) is 0 Å². The Hall–Kier alpha value is -3.35. The van der Waals surface area contributed by atoms with Crippen molar-refractivity contribution in [2.75, 3.05) is 0 Å². The molecule has 1 fully saturated rings. The van der Waals surface area contributed by atoms with Crippen LogP contribution in [0.1, 0.15) is 36.8 Å². The highest BCUT2D eigenvalue weighted by atomic mass is 16.6. The van der Waals surface area contributed by atoms with Crippen LogP contribution < -0.4 is 10.6 Å². The SMILES string of the molecule is O=C(NC(=NC1CCCC1)NC(=O)OCc1ccccc1)OCc1ccccc1. The third-order valence-electron chi connectivity index (χ3n) is 4.50. The number of aliphatic imine (C=N–C) groups is 1. The monoisotopic (exact) mass is 395 g/mol. The van der Waals surface area contributed by atoms with Crippen molar-refractivity contribution in [2.45, 2.75) is 44.9 Å². The standard InChI is InChI=1S/C22H25N3O4/c26-21(28-15-17-9-3-1-4-10-17)24-20(23-19-13-7-8-14-19)25-22(27)29-16-18-11-5-2-6-12-18/h1-6,9-12,19H,7-8,13-16H2,(H2,23,24,25,26,27). The largest absolute Gasteiger partial charge is 0.444 e. The van der Waals surface area contributed by atoms with Crippen LogP contribution in [0.3, 0.4) is 0 Å². The molecule has 2 N–H and O–H groups in total. The number of nitrogens with one attached hydrogen (secondary N) is 2. The van der Waals surface area contributed by atoms with Gasteiger partial charge >= 0.3 is 12.2 Å². The van der Waals surface area contributed by atoms with E-state index in [9.17, 15) is 9.59 Å². The van der Waals surface area contributed by atoms with Crippen molar-refractivity contribution < 1.29 is 19.1 Å². The summed E-state index contributed by atoms with van der Waals surface area (Å²) in [6, 6.07) is 18.8. The molecule has 0 spiro atoms. The number of hydrogen-bond donors (Lipinski definition) is 2. The number of alkyl carbamates (subject to hydrolysis) is 2. The average Bonchev–Trinajstić information content (AvgIpc) is 3.25. The maximum absolute atomic E-state index is 12.2. The number of ether oxygens (including phenoxy) is 2. The Kier molecular flexibility index (Phi) is 7.63. The molecule has 0 heterocycles. The molecule has 29 heavy (non-hydrogen) atoms. The molecule has 7 heteroatoms. The van der Waals surface area contributed by atoms with Crippen molar-refractivity contribution in [1.29, 1.82) is 0 Å². The summed E-state index contributed by atoms with van der Waals surface area (Å²) in [5, 5.41) is 5.04. The number of rotatable bonds is 5. The van der Waals surface area contributed by atoms with Gasteiger partial charge in [-0.05, 0) is 24.0 Å². The third-order valence-corrected chi connectivity index (χ3v) is 4.50. The smallest absolute Gasteiger partial charge is 0.414 e. The molecule has 0 atom stereocenters. The quantitative estimate of drug-likeness (QED) is 0.588. The van der Waals surface area contributed by atoms with Gasteiger partial charge in [0.15, 0.2) is 0 Å². The molecule has 0 aliphatic heterocycles. The van der Waals surface area contributed by atoms with Gasteiger partial charge in [-0.1, -0.05) is 73.5 Å². The number of hydrogen-bond acceptors (Lipinski definition) is 5. The molecule has 2 aromatic rings. The van der Waals surface area contributed by atoms with E-state index in [4.69, 9.17) is 9.47 Å². The molecule has 0 bridgehead atoms. The highest BCUT2D eigenvalue weighted by molar-refractivity contribution is 6.01.